The monoisotopic (exact) mass is 277 g/mol. The summed E-state index contributed by atoms with van der Waals surface area (Å²) in [5.41, 5.74) is -1.10. The summed E-state index contributed by atoms with van der Waals surface area (Å²) in [7, 11) is 0. The molecule has 2 saturated carbocycles. The molecule has 2 aliphatic rings. The molecule has 1 N–H and O–H groups in total. The van der Waals surface area contributed by atoms with E-state index in [0.717, 1.165) is 44.9 Å². The van der Waals surface area contributed by atoms with Gasteiger partial charge in [-0.3, -0.25) is 0 Å². The first-order valence-corrected chi connectivity index (χ1v) is 8.17. The minimum Gasteiger partial charge on any atom is -0.388 e. The van der Waals surface area contributed by atoms with E-state index in [4.69, 9.17) is 0 Å². The second-order valence-electron chi connectivity index (χ2n) is 9.27. The van der Waals surface area contributed by atoms with E-state index in [1.807, 2.05) is 0 Å². The molecule has 0 aromatic rings. The maximum absolute atomic E-state index is 11.5. The Labute approximate surface area is 124 Å². The number of rotatable bonds is 1. The van der Waals surface area contributed by atoms with Crippen molar-refractivity contribution in [1.29, 1.82) is 5.26 Å². The molecule has 0 amide bonds. The van der Waals surface area contributed by atoms with Crippen LogP contribution in [0.25, 0.3) is 0 Å². The van der Waals surface area contributed by atoms with Crippen LogP contribution in [0.5, 0.6) is 0 Å². The fourth-order valence-electron chi connectivity index (χ4n) is 5.34. The minimum absolute atomic E-state index is 0.114. The van der Waals surface area contributed by atoms with Gasteiger partial charge in [0.05, 0.1) is 17.1 Å². The second-order valence-corrected chi connectivity index (χ2v) is 9.27. The summed E-state index contributed by atoms with van der Waals surface area (Å²) in [5.74, 6) is 0.699. The summed E-state index contributed by atoms with van der Waals surface area (Å²) >= 11 is 0. The third-order valence-electron chi connectivity index (χ3n) is 5.73. The molecule has 2 fully saturated rings. The Hall–Kier alpha value is -0.550. The van der Waals surface area contributed by atoms with Gasteiger partial charge in [-0.25, -0.2) is 0 Å². The highest BCUT2D eigenvalue weighted by Gasteiger charge is 2.58. The topological polar surface area (TPSA) is 44.0 Å². The van der Waals surface area contributed by atoms with Gasteiger partial charge in [0.15, 0.2) is 0 Å². The molecule has 0 spiro atoms. The van der Waals surface area contributed by atoms with Crippen LogP contribution < -0.4 is 0 Å². The lowest BCUT2D eigenvalue weighted by Crippen LogP contribution is -2.57. The molecule has 114 valence electrons. The van der Waals surface area contributed by atoms with E-state index in [0.29, 0.717) is 5.92 Å². The van der Waals surface area contributed by atoms with E-state index in [2.05, 4.69) is 40.7 Å². The van der Waals surface area contributed by atoms with E-state index in [1.54, 1.807) is 0 Å². The van der Waals surface area contributed by atoms with Crippen molar-refractivity contribution in [2.24, 2.45) is 22.2 Å². The number of hydrogen-bond donors (Lipinski definition) is 1. The van der Waals surface area contributed by atoms with Gasteiger partial charge in [-0.1, -0.05) is 34.6 Å². The SMILES string of the molecule is CC1CCC(C#N)(C2(O)CC(C)(C)CC(C)(C)C2)CC1. The van der Waals surface area contributed by atoms with Crippen LogP contribution in [0.4, 0.5) is 0 Å². The summed E-state index contributed by atoms with van der Waals surface area (Å²) in [5, 5.41) is 21.4. The lowest BCUT2D eigenvalue weighted by Gasteiger charge is -2.56. The Kier molecular flexibility index (Phi) is 3.75. The zero-order valence-electron chi connectivity index (χ0n) is 13.9. The molecule has 0 atom stereocenters. The third kappa shape index (κ3) is 2.75. The van der Waals surface area contributed by atoms with Crippen molar-refractivity contribution in [2.45, 2.75) is 85.2 Å². The first-order chi connectivity index (χ1) is 9.03. The molecule has 0 bridgehead atoms. The van der Waals surface area contributed by atoms with E-state index in [-0.39, 0.29) is 10.8 Å². The van der Waals surface area contributed by atoms with E-state index < -0.39 is 11.0 Å². The molecular formula is C18H31NO. The molecule has 0 aromatic heterocycles. The maximum atomic E-state index is 11.5. The van der Waals surface area contributed by atoms with Crippen molar-refractivity contribution in [3.8, 4) is 6.07 Å². The molecule has 0 heterocycles. The minimum atomic E-state index is -0.812. The quantitative estimate of drug-likeness (QED) is 0.756. The molecule has 2 aliphatic carbocycles. The maximum Gasteiger partial charge on any atom is 0.0860 e. The van der Waals surface area contributed by atoms with Crippen molar-refractivity contribution in [2.75, 3.05) is 0 Å². The smallest absolute Gasteiger partial charge is 0.0860 e. The van der Waals surface area contributed by atoms with Crippen LogP contribution in [0.15, 0.2) is 0 Å². The molecule has 2 heteroatoms. The van der Waals surface area contributed by atoms with Crippen molar-refractivity contribution < 1.29 is 5.11 Å². The highest BCUT2D eigenvalue weighted by molar-refractivity contribution is 5.16. The Morgan fingerprint density at radius 1 is 0.950 bits per heavy atom. The number of nitriles is 1. The van der Waals surface area contributed by atoms with E-state index >= 15 is 0 Å². The van der Waals surface area contributed by atoms with E-state index in [1.165, 1.54) is 0 Å². The normalized spacial score (nSPS) is 39.0. The molecule has 0 unspecified atom stereocenters. The van der Waals surface area contributed by atoms with E-state index in [9.17, 15) is 10.4 Å². The van der Waals surface area contributed by atoms with Crippen LogP contribution in [-0.2, 0) is 0 Å². The van der Waals surface area contributed by atoms with Crippen LogP contribution in [0.1, 0.15) is 79.6 Å². The Bertz CT molecular complexity index is 392. The number of aliphatic hydroxyl groups is 1. The van der Waals surface area contributed by atoms with Gasteiger partial charge in [0.25, 0.3) is 0 Å². The molecule has 0 aromatic carbocycles. The second kappa shape index (κ2) is 4.73. The molecule has 0 radical (unpaired) electrons. The van der Waals surface area contributed by atoms with Gasteiger partial charge >= 0.3 is 0 Å². The number of hydrogen-bond acceptors (Lipinski definition) is 2. The molecule has 0 aliphatic heterocycles. The van der Waals surface area contributed by atoms with Crippen molar-refractivity contribution in [1.82, 2.24) is 0 Å². The molecular weight excluding hydrogens is 246 g/mol. The average Bonchev–Trinajstić information content (AvgIpc) is 2.25. The Morgan fingerprint density at radius 2 is 1.40 bits per heavy atom. The van der Waals surface area contributed by atoms with Gasteiger partial charge in [-0.05, 0) is 61.7 Å². The van der Waals surface area contributed by atoms with Crippen LogP contribution in [0, 0.1) is 33.5 Å². The van der Waals surface area contributed by atoms with Gasteiger partial charge in [-0.2, -0.15) is 5.26 Å². The summed E-state index contributed by atoms with van der Waals surface area (Å²) in [6, 6.07) is 2.57. The molecule has 20 heavy (non-hydrogen) atoms. The first kappa shape index (κ1) is 15.8. The zero-order chi connectivity index (χ0) is 15.2. The van der Waals surface area contributed by atoms with Gasteiger partial charge in [0.1, 0.15) is 0 Å². The fraction of sp³-hybridized carbons (Fsp3) is 0.944. The largest absolute Gasteiger partial charge is 0.388 e. The summed E-state index contributed by atoms with van der Waals surface area (Å²) in [4.78, 5) is 0. The van der Waals surface area contributed by atoms with Crippen molar-refractivity contribution >= 4 is 0 Å². The summed E-state index contributed by atoms with van der Waals surface area (Å²) in [6.45, 7) is 11.2. The molecule has 0 saturated heterocycles. The van der Waals surface area contributed by atoms with Crippen molar-refractivity contribution in [3.63, 3.8) is 0 Å². The Balaban J connectivity index is 2.35. The first-order valence-electron chi connectivity index (χ1n) is 8.17. The van der Waals surface area contributed by atoms with Crippen LogP contribution in [0.3, 0.4) is 0 Å². The highest BCUT2D eigenvalue weighted by atomic mass is 16.3. The van der Waals surface area contributed by atoms with Gasteiger partial charge < -0.3 is 5.11 Å². The summed E-state index contributed by atoms with van der Waals surface area (Å²) in [6.07, 6.45) is 6.56. The number of nitrogens with zero attached hydrogens (tertiary/aromatic N) is 1. The predicted octanol–water partition coefficient (Wildman–Crippen LogP) is 4.67. The summed E-state index contributed by atoms with van der Waals surface area (Å²) < 4.78 is 0. The molecule has 2 rings (SSSR count). The highest BCUT2D eigenvalue weighted by Crippen LogP contribution is 2.59. The van der Waals surface area contributed by atoms with Gasteiger partial charge in [-0.15, -0.1) is 0 Å². The average molecular weight is 277 g/mol. The van der Waals surface area contributed by atoms with Crippen LogP contribution in [-0.4, -0.2) is 10.7 Å². The predicted molar refractivity (Wildman–Crippen MR) is 82.0 cm³/mol. The third-order valence-corrected chi connectivity index (χ3v) is 5.73. The molecule has 2 nitrogen and oxygen atoms in total. The Morgan fingerprint density at radius 3 is 1.80 bits per heavy atom. The van der Waals surface area contributed by atoms with Gasteiger partial charge in [0, 0.05) is 0 Å². The zero-order valence-corrected chi connectivity index (χ0v) is 13.9. The fourth-order valence-corrected chi connectivity index (χ4v) is 5.34. The van der Waals surface area contributed by atoms with Crippen molar-refractivity contribution in [3.05, 3.63) is 0 Å². The lowest BCUT2D eigenvalue weighted by molar-refractivity contribution is -0.157. The lowest BCUT2D eigenvalue weighted by atomic mass is 9.50. The van der Waals surface area contributed by atoms with Gasteiger partial charge in [0.2, 0.25) is 0 Å². The van der Waals surface area contributed by atoms with Crippen LogP contribution in [0.2, 0.25) is 0 Å². The van der Waals surface area contributed by atoms with Crippen LogP contribution >= 0.6 is 0 Å². The standard InChI is InChI=1S/C18H31NO/c1-14-6-8-17(13-19,9-7-14)18(20)11-15(2,3)10-16(4,5)12-18/h14,20H,6-12H2,1-5H3.